The van der Waals surface area contributed by atoms with Crippen LogP contribution in [0, 0.1) is 5.92 Å². The van der Waals surface area contributed by atoms with Crippen LogP contribution in [-0.2, 0) is 16.1 Å². The lowest BCUT2D eigenvalue weighted by atomic mass is 9.95. The van der Waals surface area contributed by atoms with Gasteiger partial charge in [-0.15, -0.1) is 0 Å². The van der Waals surface area contributed by atoms with Crippen molar-refractivity contribution in [1.82, 2.24) is 10.6 Å². The van der Waals surface area contributed by atoms with Crippen LogP contribution in [0.4, 0.5) is 4.79 Å². The molecule has 1 aliphatic heterocycles. The fraction of sp³-hybridized carbons (Fsp3) is 0.304. The summed E-state index contributed by atoms with van der Waals surface area (Å²) in [5.74, 6) is 0.455. The Morgan fingerprint density at radius 1 is 1.10 bits per heavy atom. The molecule has 2 aromatic rings. The lowest BCUT2D eigenvalue weighted by Gasteiger charge is -2.28. The van der Waals surface area contributed by atoms with Crippen molar-refractivity contribution in [2.75, 3.05) is 6.61 Å². The van der Waals surface area contributed by atoms with Gasteiger partial charge in [0.2, 0.25) is 0 Å². The van der Waals surface area contributed by atoms with Crippen molar-refractivity contribution in [1.29, 1.82) is 0 Å². The molecule has 0 aliphatic carbocycles. The Bertz CT molecular complexity index is 937. The van der Waals surface area contributed by atoms with E-state index in [2.05, 4.69) is 10.6 Å². The quantitative estimate of drug-likeness (QED) is 0.624. The molecule has 2 amide bonds. The second kappa shape index (κ2) is 9.67. The van der Waals surface area contributed by atoms with Gasteiger partial charge in [0.15, 0.2) is 0 Å². The highest BCUT2D eigenvalue weighted by Crippen LogP contribution is 2.29. The third kappa shape index (κ3) is 5.54. The molecular weight excluding hydrogens is 404 g/mol. The number of hydrogen-bond acceptors (Lipinski definition) is 4. The van der Waals surface area contributed by atoms with Crippen molar-refractivity contribution in [2.45, 2.75) is 33.4 Å². The van der Waals surface area contributed by atoms with E-state index in [9.17, 15) is 9.59 Å². The van der Waals surface area contributed by atoms with E-state index in [4.69, 9.17) is 21.1 Å². The Hall–Kier alpha value is -2.99. The minimum atomic E-state index is -0.594. The van der Waals surface area contributed by atoms with Gasteiger partial charge < -0.3 is 20.1 Å². The van der Waals surface area contributed by atoms with Gasteiger partial charge in [0.25, 0.3) is 0 Å². The summed E-state index contributed by atoms with van der Waals surface area (Å²) in [6.07, 6.45) is 0. The predicted molar refractivity (Wildman–Crippen MR) is 115 cm³/mol. The largest absolute Gasteiger partial charge is 0.489 e. The summed E-state index contributed by atoms with van der Waals surface area (Å²) < 4.78 is 11.2. The molecule has 6 nitrogen and oxygen atoms in total. The first-order valence-electron chi connectivity index (χ1n) is 9.76. The van der Waals surface area contributed by atoms with Crippen molar-refractivity contribution in [2.24, 2.45) is 5.92 Å². The summed E-state index contributed by atoms with van der Waals surface area (Å²) in [6, 6.07) is 13.8. The van der Waals surface area contributed by atoms with Gasteiger partial charge in [-0.3, -0.25) is 0 Å². The summed E-state index contributed by atoms with van der Waals surface area (Å²) in [6.45, 7) is 6.35. The summed E-state index contributed by atoms with van der Waals surface area (Å²) >= 11 is 5.90. The fourth-order valence-electron chi connectivity index (χ4n) is 3.04. The molecule has 0 radical (unpaired) electrons. The molecule has 1 unspecified atom stereocenters. The topological polar surface area (TPSA) is 76.7 Å². The van der Waals surface area contributed by atoms with Crippen molar-refractivity contribution in [3.63, 3.8) is 0 Å². The number of hydrogen-bond donors (Lipinski definition) is 2. The van der Waals surface area contributed by atoms with E-state index < -0.39 is 12.0 Å². The average Bonchev–Trinajstić information content (AvgIpc) is 2.71. The van der Waals surface area contributed by atoms with E-state index in [-0.39, 0.29) is 11.9 Å². The van der Waals surface area contributed by atoms with Crippen LogP contribution in [0.25, 0.3) is 0 Å². The lowest BCUT2D eigenvalue weighted by molar-refractivity contribution is -0.140. The molecular formula is C23H25ClN2O4. The van der Waals surface area contributed by atoms with Crippen molar-refractivity contribution in [3.8, 4) is 5.75 Å². The zero-order valence-corrected chi connectivity index (χ0v) is 18.0. The number of carbonyl (C=O) groups is 2. The Morgan fingerprint density at radius 2 is 1.77 bits per heavy atom. The highest BCUT2D eigenvalue weighted by atomic mass is 35.5. The minimum absolute atomic E-state index is 0.219. The van der Waals surface area contributed by atoms with Gasteiger partial charge in [0.1, 0.15) is 12.4 Å². The highest BCUT2D eigenvalue weighted by molar-refractivity contribution is 6.30. The molecule has 1 heterocycles. The third-order valence-electron chi connectivity index (χ3n) is 4.57. The monoisotopic (exact) mass is 428 g/mol. The number of benzene rings is 2. The molecule has 0 saturated heterocycles. The highest BCUT2D eigenvalue weighted by Gasteiger charge is 2.32. The van der Waals surface area contributed by atoms with Gasteiger partial charge in [0.05, 0.1) is 18.2 Å². The molecule has 30 heavy (non-hydrogen) atoms. The fourth-order valence-corrected chi connectivity index (χ4v) is 3.16. The number of halogens is 1. The molecule has 0 saturated carbocycles. The number of esters is 1. The molecule has 0 aromatic heterocycles. The first-order chi connectivity index (χ1) is 14.3. The van der Waals surface area contributed by atoms with Gasteiger partial charge >= 0.3 is 12.0 Å². The average molecular weight is 429 g/mol. The molecule has 7 heteroatoms. The molecule has 0 fully saturated rings. The van der Waals surface area contributed by atoms with Gasteiger partial charge in [0, 0.05) is 10.7 Å². The second-order valence-corrected chi connectivity index (χ2v) is 7.98. The van der Waals surface area contributed by atoms with Crippen molar-refractivity contribution < 1.29 is 19.1 Å². The minimum Gasteiger partial charge on any atom is -0.489 e. The Balaban J connectivity index is 1.73. The maximum absolute atomic E-state index is 12.6. The standard InChI is InChI=1S/C23H25ClN2O4/c1-14(2)12-30-22(27)20-15(3)25-23(28)26-21(20)17-6-10-19(11-7-17)29-13-16-4-8-18(24)9-5-16/h4-11,14,21H,12-13H2,1-3H3,(H2,25,26,28). The van der Waals surface area contributed by atoms with Crippen molar-refractivity contribution in [3.05, 3.63) is 76.0 Å². The Morgan fingerprint density at radius 3 is 2.40 bits per heavy atom. The van der Waals surface area contributed by atoms with E-state index in [0.717, 1.165) is 11.1 Å². The first kappa shape index (κ1) is 21.7. The van der Waals surface area contributed by atoms with Crippen LogP contribution < -0.4 is 15.4 Å². The van der Waals surface area contributed by atoms with E-state index in [0.29, 0.717) is 35.3 Å². The van der Waals surface area contributed by atoms with Crippen LogP contribution in [0.5, 0.6) is 5.75 Å². The molecule has 0 spiro atoms. The zero-order chi connectivity index (χ0) is 21.7. The van der Waals surface area contributed by atoms with Crippen LogP contribution in [0.15, 0.2) is 59.8 Å². The normalized spacial score (nSPS) is 16.2. The molecule has 158 valence electrons. The van der Waals surface area contributed by atoms with Crippen molar-refractivity contribution >= 4 is 23.6 Å². The number of rotatable bonds is 7. The number of carbonyl (C=O) groups excluding carboxylic acids is 2. The van der Waals surface area contributed by atoms with Gasteiger partial charge in [-0.2, -0.15) is 0 Å². The smallest absolute Gasteiger partial charge is 0.338 e. The maximum atomic E-state index is 12.6. The summed E-state index contributed by atoms with van der Waals surface area (Å²) in [7, 11) is 0. The number of nitrogens with one attached hydrogen (secondary N) is 2. The molecule has 1 atom stereocenters. The lowest BCUT2D eigenvalue weighted by Crippen LogP contribution is -2.45. The first-order valence-corrected chi connectivity index (χ1v) is 10.1. The number of urea groups is 1. The number of amides is 2. The van der Waals surface area contributed by atoms with Crippen LogP contribution in [0.2, 0.25) is 5.02 Å². The molecule has 2 aromatic carbocycles. The summed E-state index contributed by atoms with van der Waals surface area (Å²) in [5.41, 5.74) is 2.65. The van der Waals surface area contributed by atoms with Crippen LogP contribution in [0.3, 0.4) is 0 Å². The van der Waals surface area contributed by atoms with Gasteiger partial charge in [-0.25, -0.2) is 9.59 Å². The molecule has 2 N–H and O–H groups in total. The van der Waals surface area contributed by atoms with E-state index in [1.54, 1.807) is 6.92 Å². The van der Waals surface area contributed by atoms with Gasteiger partial charge in [-0.05, 0) is 48.2 Å². The van der Waals surface area contributed by atoms with E-state index in [1.165, 1.54) is 0 Å². The van der Waals surface area contributed by atoms with Crippen LogP contribution in [-0.4, -0.2) is 18.6 Å². The zero-order valence-electron chi connectivity index (χ0n) is 17.2. The predicted octanol–water partition coefficient (Wildman–Crippen LogP) is 4.75. The molecule has 3 rings (SSSR count). The van der Waals surface area contributed by atoms with E-state index in [1.807, 2.05) is 62.4 Å². The molecule has 1 aliphatic rings. The second-order valence-electron chi connectivity index (χ2n) is 7.55. The third-order valence-corrected chi connectivity index (χ3v) is 4.82. The maximum Gasteiger partial charge on any atom is 0.338 e. The molecule has 0 bridgehead atoms. The summed E-state index contributed by atoms with van der Waals surface area (Å²) in [4.78, 5) is 24.6. The van der Waals surface area contributed by atoms with Crippen LogP contribution in [0.1, 0.15) is 37.9 Å². The van der Waals surface area contributed by atoms with Gasteiger partial charge in [-0.1, -0.05) is 49.7 Å². The Kier molecular flexibility index (Phi) is 7.00. The Labute approximate surface area is 181 Å². The number of ether oxygens (including phenoxy) is 2. The van der Waals surface area contributed by atoms with E-state index >= 15 is 0 Å². The SMILES string of the molecule is CC1=C(C(=O)OCC(C)C)C(c2ccc(OCc3ccc(Cl)cc3)cc2)NC(=O)N1. The number of allylic oxidation sites excluding steroid dienone is 1. The van der Waals surface area contributed by atoms with Crippen LogP contribution >= 0.6 is 11.6 Å². The summed E-state index contributed by atoms with van der Waals surface area (Å²) in [5, 5.41) is 6.13.